The molecule has 0 aliphatic rings. The Kier molecular flexibility index (Phi) is 9.37. The van der Waals surface area contributed by atoms with Crippen molar-refractivity contribution in [2.45, 2.75) is 26.8 Å². The summed E-state index contributed by atoms with van der Waals surface area (Å²) in [5.74, 6) is -2.54. The number of benzene rings is 1. The molecule has 2 N–H and O–H groups in total. The molecule has 1 aromatic carbocycles. The van der Waals surface area contributed by atoms with Crippen LogP contribution >= 0.6 is 7.60 Å². The van der Waals surface area contributed by atoms with Gasteiger partial charge in [0.1, 0.15) is 29.7 Å². The Bertz CT molecular complexity index is 1430. The van der Waals surface area contributed by atoms with Gasteiger partial charge in [0.15, 0.2) is 5.75 Å². The second kappa shape index (κ2) is 12.3. The number of aromatic nitrogens is 2. The standard InChI is InChI=1S/C25H30FN4O7P/c1-5-36-38(35,37-6-2)15-28-24(33)21-23(32)22-19(30(25(21)34)14-20(31)29(3)4)12-17(13-27-22)11-16-7-9-18(26)10-8-16/h7-10,12-13,32H,5-6,11,14-15H2,1-4H3,(H,28,33). The lowest BCUT2D eigenvalue weighted by molar-refractivity contribution is -0.129. The van der Waals surface area contributed by atoms with Crippen LogP contribution in [0.3, 0.4) is 0 Å². The zero-order valence-electron chi connectivity index (χ0n) is 21.6. The van der Waals surface area contributed by atoms with E-state index < -0.39 is 49.1 Å². The number of rotatable bonds is 11. The van der Waals surface area contributed by atoms with Crippen molar-refractivity contribution in [3.05, 3.63) is 69.4 Å². The van der Waals surface area contributed by atoms with Crippen molar-refractivity contribution in [1.82, 2.24) is 19.8 Å². The van der Waals surface area contributed by atoms with Crippen molar-refractivity contribution in [3.63, 3.8) is 0 Å². The highest BCUT2D eigenvalue weighted by Crippen LogP contribution is 2.46. The molecule has 0 spiro atoms. The molecule has 3 aromatic rings. The predicted molar refractivity (Wildman–Crippen MR) is 139 cm³/mol. The fraction of sp³-hybridized carbons (Fsp3) is 0.360. The van der Waals surface area contributed by atoms with Gasteiger partial charge < -0.3 is 24.4 Å². The van der Waals surface area contributed by atoms with Crippen molar-refractivity contribution in [2.75, 3.05) is 33.6 Å². The van der Waals surface area contributed by atoms with Gasteiger partial charge in [-0.15, -0.1) is 0 Å². The first-order chi connectivity index (χ1) is 18.0. The third-order valence-corrected chi connectivity index (χ3v) is 7.41. The van der Waals surface area contributed by atoms with Gasteiger partial charge >= 0.3 is 7.60 Å². The van der Waals surface area contributed by atoms with Gasteiger partial charge in [-0.2, -0.15) is 0 Å². The lowest BCUT2D eigenvalue weighted by Gasteiger charge is -2.19. The first-order valence-electron chi connectivity index (χ1n) is 11.8. The normalized spacial score (nSPS) is 11.5. The van der Waals surface area contributed by atoms with E-state index in [4.69, 9.17) is 9.05 Å². The van der Waals surface area contributed by atoms with Crippen molar-refractivity contribution in [3.8, 4) is 5.75 Å². The third kappa shape index (κ3) is 6.63. The first kappa shape index (κ1) is 29.0. The molecule has 0 radical (unpaired) electrons. The molecule has 13 heteroatoms. The Labute approximate surface area is 218 Å². The summed E-state index contributed by atoms with van der Waals surface area (Å²) in [4.78, 5) is 44.6. The predicted octanol–water partition coefficient (Wildman–Crippen LogP) is 2.87. The second-order valence-corrected chi connectivity index (χ2v) is 10.6. The van der Waals surface area contributed by atoms with E-state index >= 15 is 0 Å². The molecule has 0 aliphatic heterocycles. The van der Waals surface area contributed by atoms with Gasteiger partial charge in [0.25, 0.3) is 11.5 Å². The van der Waals surface area contributed by atoms with Crippen LogP contribution in [0.5, 0.6) is 5.75 Å². The second-order valence-electron chi connectivity index (χ2n) is 8.53. The minimum atomic E-state index is -3.68. The Morgan fingerprint density at radius 3 is 2.34 bits per heavy atom. The van der Waals surface area contributed by atoms with Gasteiger partial charge in [-0.25, -0.2) is 4.39 Å². The maximum Gasteiger partial charge on any atom is 0.349 e. The Hall–Kier alpha value is -3.60. The first-order valence-corrected chi connectivity index (χ1v) is 13.6. The lowest BCUT2D eigenvalue weighted by Crippen LogP contribution is -2.37. The smallest absolute Gasteiger partial charge is 0.349 e. The van der Waals surface area contributed by atoms with Crippen LogP contribution in [-0.4, -0.2) is 65.0 Å². The molecule has 0 aliphatic carbocycles. The molecule has 2 heterocycles. The summed E-state index contributed by atoms with van der Waals surface area (Å²) in [6, 6.07) is 7.44. The number of pyridine rings is 2. The molecule has 2 aromatic heterocycles. The number of likely N-dealkylation sites (N-methyl/N-ethyl adjacent to an activating group) is 1. The van der Waals surface area contributed by atoms with Gasteiger partial charge in [-0.3, -0.25) is 28.5 Å². The average molecular weight is 549 g/mol. The van der Waals surface area contributed by atoms with Crippen LogP contribution < -0.4 is 10.9 Å². The summed E-state index contributed by atoms with van der Waals surface area (Å²) in [6.07, 6.45) is 1.26. The van der Waals surface area contributed by atoms with Gasteiger partial charge in [-0.1, -0.05) is 12.1 Å². The maximum atomic E-state index is 13.5. The summed E-state index contributed by atoms with van der Waals surface area (Å²) >= 11 is 0. The molecule has 0 saturated carbocycles. The number of fused-ring (bicyclic) bond motifs is 1. The van der Waals surface area contributed by atoms with E-state index in [9.17, 15) is 28.4 Å². The highest BCUT2D eigenvalue weighted by atomic mass is 31.2. The monoisotopic (exact) mass is 548 g/mol. The molecule has 2 amide bonds. The van der Waals surface area contributed by atoms with Gasteiger partial charge in [-0.05, 0) is 49.6 Å². The van der Waals surface area contributed by atoms with E-state index in [1.54, 1.807) is 32.0 Å². The highest BCUT2D eigenvalue weighted by molar-refractivity contribution is 7.53. The maximum absolute atomic E-state index is 13.5. The Morgan fingerprint density at radius 2 is 1.76 bits per heavy atom. The summed E-state index contributed by atoms with van der Waals surface area (Å²) in [5, 5.41) is 13.2. The van der Waals surface area contributed by atoms with Gasteiger partial charge in [0.05, 0.1) is 18.7 Å². The van der Waals surface area contributed by atoms with E-state index in [2.05, 4.69) is 10.3 Å². The SMILES string of the molecule is CCOP(=O)(CNC(=O)c1c(O)c2ncc(Cc3ccc(F)cc3)cc2n(CC(=O)N(C)C)c1=O)OCC. The topological polar surface area (TPSA) is 140 Å². The number of halogens is 1. The van der Waals surface area contributed by atoms with Crippen LogP contribution in [0.2, 0.25) is 0 Å². The number of nitrogens with zero attached hydrogens (tertiary/aromatic N) is 3. The number of aromatic hydroxyl groups is 1. The molecule has 0 fully saturated rings. The Morgan fingerprint density at radius 1 is 1.13 bits per heavy atom. The van der Waals surface area contributed by atoms with Crippen LogP contribution in [0, 0.1) is 5.82 Å². The summed E-state index contributed by atoms with van der Waals surface area (Å²) in [7, 11) is -0.656. The van der Waals surface area contributed by atoms with Crippen molar-refractivity contribution in [1.29, 1.82) is 0 Å². The van der Waals surface area contributed by atoms with Crippen LogP contribution in [0.25, 0.3) is 11.0 Å². The van der Waals surface area contributed by atoms with Crippen LogP contribution in [0.1, 0.15) is 35.3 Å². The molecular formula is C25H30FN4O7P. The fourth-order valence-electron chi connectivity index (χ4n) is 3.70. The number of amides is 2. The average Bonchev–Trinajstić information content (AvgIpc) is 2.87. The number of carbonyl (C=O) groups excluding carboxylic acids is 2. The summed E-state index contributed by atoms with van der Waals surface area (Å²) in [5.41, 5.74) is -0.150. The number of hydrogen-bond donors (Lipinski definition) is 2. The van der Waals surface area contributed by atoms with Crippen LogP contribution in [-0.2, 0) is 31.4 Å². The molecule has 0 bridgehead atoms. The van der Waals surface area contributed by atoms with Crippen molar-refractivity contribution in [2.24, 2.45) is 0 Å². The van der Waals surface area contributed by atoms with E-state index in [0.29, 0.717) is 12.0 Å². The van der Waals surface area contributed by atoms with Crippen LogP contribution in [0.4, 0.5) is 4.39 Å². The molecule has 0 saturated heterocycles. The van der Waals surface area contributed by atoms with E-state index in [-0.39, 0.29) is 30.1 Å². The molecule has 11 nitrogen and oxygen atoms in total. The molecule has 3 rings (SSSR count). The zero-order valence-corrected chi connectivity index (χ0v) is 22.5. The van der Waals surface area contributed by atoms with Gasteiger partial charge in [0.2, 0.25) is 5.91 Å². The minimum absolute atomic E-state index is 0.0675. The third-order valence-electron chi connectivity index (χ3n) is 5.56. The quantitative estimate of drug-likeness (QED) is 0.349. The highest BCUT2D eigenvalue weighted by Gasteiger charge is 2.29. The summed E-state index contributed by atoms with van der Waals surface area (Å²) in [6.45, 7) is 2.93. The molecule has 0 unspecified atom stereocenters. The number of nitrogens with one attached hydrogen (secondary N) is 1. The summed E-state index contributed by atoms with van der Waals surface area (Å²) < 4.78 is 37.4. The van der Waals surface area contributed by atoms with E-state index in [1.807, 2.05) is 0 Å². The fourth-order valence-corrected chi connectivity index (χ4v) is 5.08. The molecule has 38 heavy (non-hydrogen) atoms. The minimum Gasteiger partial charge on any atom is -0.505 e. The lowest BCUT2D eigenvalue weighted by atomic mass is 10.1. The number of hydrogen-bond acceptors (Lipinski definition) is 8. The van der Waals surface area contributed by atoms with Crippen molar-refractivity contribution >= 4 is 30.4 Å². The molecule has 0 atom stereocenters. The zero-order chi connectivity index (χ0) is 28.0. The van der Waals surface area contributed by atoms with E-state index in [1.165, 1.54) is 37.3 Å². The van der Waals surface area contributed by atoms with Gasteiger partial charge in [0, 0.05) is 20.3 Å². The van der Waals surface area contributed by atoms with E-state index in [0.717, 1.165) is 10.1 Å². The van der Waals surface area contributed by atoms with Crippen molar-refractivity contribution < 1.29 is 32.7 Å². The molecular weight excluding hydrogens is 518 g/mol. The number of carbonyl (C=O) groups is 2. The Balaban J connectivity index is 2.08. The van der Waals surface area contributed by atoms with Crippen LogP contribution in [0.15, 0.2) is 41.3 Å². The largest absolute Gasteiger partial charge is 0.505 e. The molecule has 204 valence electrons.